The van der Waals surface area contributed by atoms with E-state index < -0.39 is 0 Å². The molecule has 1 aliphatic rings. The van der Waals surface area contributed by atoms with Gasteiger partial charge in [0.15, 0.2) is 0 Å². The quantitative estimate of drug-likeness (QED) is 0.898. The summed E-state index contributed by atoms with van der Waals surface area (Å²) in [5.74, 6) is -0.251. The van der Waals surface area contributed by atoms with Gasteiger partial charge in [-0.05, 0) is 31.0 Å². The molecule has 1 fully saturated rings. The van der Waals surface area contributed by atoms with Crippen molar-refractivity contribution < 1.29 is 9.59 Å². The molecule has 1 aliphatic carbocycles. The van der Waals surface area contributed by atoms with Crippen LogP contribution >= 0.6 is 23.2 Å². The molecule has 0 unspecified atom stereocenters. The molecular formula is C13H14Cl2N2O2. The topological polar surface area (TPSA) is 58.2 Å². The van der Waals surface area contributed by atoms with Crippen LogP contribution in [0, 0.1) is 5.92 Å². The summed E-state index contributed by atoms with van der Waals surface area (Å²) in [6.07, 6.45) is 2.92. The Morgan fingerprint density at radius 2 is 1.95 bits per heavy atom. The molecule has 0 aromatic heterocycles. The maximum absolute atomic E-state index is 11.6. The summed E-state index contributed by atoms with van der Waals surface area (Å²) in [6.45, 7) is -0.0322. The van der Waals surface area contributed by atoms with Crippen LogP contribution in [0.5, 0.6) is 0 Å². The fourth-order valence-electron chi connectivity index (χ4n) is 1.76. The fraction of sp³-hybridized carbons (Fsp3) is 0.385. The molecule has 0 spiro atoms. The predicted octanol–water partition coefficient (Wildman–Crippen LogP) is 2.85. The van der Waals surface area contributed by atoms with Crippen molar-refractivity contribution in [2.75, 3.05) is 11.9 Å². The number of hydrogen-bond acceptors (Lipinski definition) is 2. The average molecular weight is 301 g/mol. The summed E-state index contributed by atoms with van der Waals surface area (Å²) in [5, 5.41) is 6.07. The van der Waals surface area contributed by atoms with Gasteiger partial charge in [0.05, 0.1) is 16.6 Å². The molecule has 6 heteroatoms. The summed E-state index contributed by atoms with van der Waals surface area (Å²) >= 11 is 11.6. The summed E-state index contributed by atoms with van der Waals surface area (Å²) in [7, 11) is 0. The van der Waals surface area contributed by atoms with Gasteiger partial charge in [-0.2, -0.15) is 0 Å². The van der Waals surface area contributed by atoms with Gasteiger partial charge in [0.2, 0.25) is 11.8 Å². The number of amides is 2. The van der Waals surface area contributed by atoms with E-state index >= 15 is 0 Å². The number of hydrogen-bond donors (Lipinski definition) is 2. The van der Waals surface area contributed by atoms with E-state index in [4.69, 9.17) is 23.2 Å². The van der Waals surface area contributed by atoms with E-state index in [2.05, 4.69) is 10.6 Å². The number of benzene rings is 1. The van der Waals surface area contributed by atoms with Gasteiger partial charge >= 0.3 is 0 Å². The molecule has 1 saturated carbocycles. The van der Waals surface area contributed by atoms with Gasteiger partial charge in [0.25, 0.3) is 0 Å². The number of halogens is 2. The lowest BCUT2D eigenvalue weighted by Gasteiger charge is -2.23. The van der Waals surface area contributed by atoms with E-state index in [1.54, 1.807) is 18.2 Å². The van der Waals surface area contributed by atoms with Gasteiger partial charge in [-0.3, -0.25) is 9.59 Å². The van der Waals surface area contributed by atoms with Crippen LogP contribution in [0.3, 0.4) is 0 Å². The van der Waals surface area contributed by atoms with Gasteiger partial charge in [0.1, 0.15) is 0 Å². The highest BCUT2D eigenvalue weighted by atomic mass is 35.5. The minimum atomic E-state index is -0.286. The van der Waals surface area contributed by atoms with Crippen LogP contribution in [0.4, 0.5) is 5.69 Å². The van der Waals surface area contributed by atoms with Crippen LogP contribution in [0.15, 0.2) is 18.2 Å². The normalized spacial score (nSPS) is 14.6. The first kappa shape index (κ1) is 14.2. The van der Waals surface area contributed by atoms with Gasteiger partial charge in [-0.1, -0.05) is 29.6 Å². The van der Waals surface area contributed by atoms with Crippen molar-refractivity contribution in [2.24, 2.45) is 5.92 Å². The highest BCUT2D eigenvalue weighted by Gasteiger charge is 2.25. The lowest BCUT2D eigenvalue weighted by atomic mass is 9.85. The van der Waals surface area contributed by atoms with Crippen LogP contribution in [-0.2, 0) is 9.59 Å². The lowest BCUT2D eigenvalue weighted by Crippen LogP contribution is -2.39. The Kier molecular flexibility index (Phi) is 4.66. The van der Waals surface area contributed by atoms with E-state index in [1.807, 2.05) is 0 Å². The zero-order valence-corrected chi connectivity index (χ0v) is 11.7. The second-order valence-electron chi connectivity index (χ2n) is 4.52. The molecule has 1 aromatic carbocycles. The Labute approximate surface area is 121 Å². The first-order valence-electron chi connectivity index (χ1n) is 6.09. The average Bonchev–Trinajstić information content (AvgIpc) is 2.29. The predicted molar refractivity (Wildman–Crippen MR) is 75.4 cm³/mol. The Morgan fingerprint density at radius 1 is 1.21 bits per heavy atom. The summed E-state index contributed by atoms with van der Waals surface area (Å²) in [4.78, 5) is 23.2. The number of rotatable bonds is 4. The van der Waals surface area contributed by atoms with E-state index in [-0.39, 0.29) is 24.3 Å². The van der Waals surface area contributed by atoms with Crippen molar-refractivity contribution in [3.05, 3.63) is 28.2 Å². The monoisotopic (exact) mass is 300 g/mol. The highest BCUT2D eigenvalue weighted by Crippen LogP contribution is 2.26. The maximum atomic E-state index is 11.6. The third kappa shape index (κ3) is 3.85. The van der Waals surface area contributed by atoms with Gasteiger partial charge in [-0.15, -0.1) is 0 Å². The minimum Gasteiger partial charge on any atom is -0.347 e. The molecule has 4 nitrogen and oxygen atoms in total. The van der Waals surface area contributed by atoms with Crippen LogP contribution in [0.2, 0.25) is 10.0 Å². The van der Waals surface area contributed by atoms with Crippen LogP contribution in [0.25, 0.3) is 0 Å². The summed E-state index contributed by atoms with van der Waals surface area (Å²) in [5.41, 5.74) is 0.553. The molecular weight excluding hydrogens is 287 g/mol. The Balaban J connectivity index is 1.80. The van der Waals surface area contributed by atoms with Crippen molar-refractivity contribution in [1.82, 2.24) is 5.32 Å². The highest BCUT2D eigenvalue weighted by molar-refractivity contribution is 6.42. The molecule has 102 valence electrons. The Hall–Kier alpha value is -1.26. The van der Waals surface area contributed by atoms with Crippen molar-refractivity contribution in [3.63, 3.8) is 0 Å². The van der Waals surface area contributed by atoms with Crippen molar-refractivity contribution >= 4 is 40.7 Å². The molecule has 0 bridgehead atoms. The third-order valence-electron chi connectivity index (χ3n) is 3.10. The molecule has 0 atom stereocenters. The van der Waals surface area contributed by atoms with Gasteiger partial charge in [-0.25, -0.2) is 0 Å². The third-order valence-corrected chi connectivity index (χ3v) is 3.84. The molecule has 2 rings (SSSR count). The van der Waals surface area contributed by atoms with E-state index in [0.717, 1.165) is 19.3 Å². The molecule has 2 amide bonds. The van der Waals surface area contributed by atoms with E-state index in [1.165, 1.54) is 0 Å². The lowest BCUT2D eigenvalue weighted by molar-refractivity contribution is -0.129. The number of carbonyl (C=O) groups excluding carboxylic acids is 2. The van der Waals surface area contributed by atoms with Crippen molar-refractivity contribution in [3.8, 4) is 0 Å². The molecule has 1 aromatic rings. The Bertz CT molecular complexity index is 501. The van der Waals surface area contributed by atoms with Crippen LogP contribution in [-0.4, -0.2) is 18.4 Å². The SMILES string of the molecule is O=C(CNC(=O)C1CCC1)Nc1ccc(Cl)c(Cl)c1. The molecule has 2 N–H and O–H groups in total. The van der Waals surface area contributed by atoms with Gasteiger partial charge in [0, 0.05) is 11.6 Å². The number of carbonyl (C=O) groups is 2. The maximum Gasteiger partial charge on any atom is 0.243 e. The first-order chi connectivity index (χ1) is 9.06. The molecule has 0 saturated heterocycles. The van der Waals surface area contributed by atoms with E-state index in [0.29, 0.717) is 15.7 Å². The zero-order chi connectivity index (χ0) is 13.8. The Morgan fingerprint density at radius 3 is 2.53 bits per heavy atom. The molecule has 19 heavy (non-hydrogen) atoms. The second kappa shape index (κ2) is 6.26. The van der Waals surface area contributed by atoms with Crippen LogP contribution < -0.4 is 10.6 Å². The fourth-order valence-corrected chi connectivity index (χ4v) is 2.06. The smallest absolute Gasteiger partial charge is 0.243 e. The minimum absolute atomic E-state index is 0.0322. The van der Waals surface area contributed by atoms with Gasteiger partial charge < -0.3 is 10.6 Å². The summed E-state index contributed by atoms with van der Waals surface area (Å²) < 4.78 is 0. The standard InChI is InChI=1S/C13H14Cl2N2O2/c14-10-5-4-9(6-11(10)15)17-12(18)7-16-13(19)8-2-1-3-8/h4-6,8H,1-3,7H2,(H,16,19)(H,17,18). The number of nitrogens with one attached hydrogen (secondary N) is 2. The summed E-state index contributed by atoms with van der Waals surface area (Å²) in [6, 6.07) is 4.82. The van der Waals surface area contributed by atoms with Crippen molar-refractivity contribution in [2.45, 2.75) is 19.3 Å². The molecule has 0 aliphatic heterocycles. The zero-order valence-electron chi connectivity index (χ0n) is 10.2. The van der Waals surface area contributed by atoms with Crippen LogP contribution in [0.1, 0.15) is 19.3 Å². The largest absolute Gasteiger partial charge is 0.347 e. The van der Waals surface area contributed by atoms with Crippen molar-refractivity contribution in [1.29, 1.82) is 0 Å². The molecule has 0 heterocycles. The van der Waals surface area contributed by atoms with E-state index in [9.17, 15) is 9.59 Å². The molecule has 0 radical (unpaired) electrons. The first-order valence-corrected chi connectivity index (χ1v) is 6.84. The number of anilines is 1. The second-order valence-corrected chi connectivity index (χ2v) is 5.34.